The highest BCUT2D eigenvalue weighted by Crippen LogP contribution is 2.51. The summed E-state index contributed by atoms with van der Waals surface area (Å²) < 4.78 is 14.0. The first kappa shape index (κ1) is 14.4. The van der Waals surface area contributed by atoms with Gasteiger partial charge in [-0.15, -0.1) is 0 Å². The summed E-state index contributed by atoms with van der Waals surface area (Å²) in [7, 11) is 0. The summed E-state index contributed by atoms with van der Waals surface area (Å²) >= 11 is 0. The van der Waals surface area contributed by atoms with E-state index in [9.17, 15) is 9.18 Å². The fourth-order valence-corrected chi connectivity index (χ4v) is 4.28. The van der Waals surface area contributed by atoms with Crippen LogP contribution in [0.15, 0.2) is 72.8 Å². The maximum Gasteiger partial charge on any atom is 0.259 e. The fraction of sp³-hybridized carbons (Fsp3) is 0.136. The fourth-order valence-electron chi connectivity index (χ4n) is 4.28. The smallest absolute Gasteiger partial charge is 0.259 e. The summed E-state index contributed by atoms with van der Waals surface area (Å²) in [6.45, 7) is 0. The van der Waals surface area contributed by atoms with Gasteiger partial charge in [-0.25, -0.2) is 4.39 Å². The Kier molecular flexibility index (Phi) is 3.04. The predicted molar refractivity (Wildman–Crippen MR) is 95.3 cm³/mol. The molecule has 0 radical (unpaired) electrons. The first-order chi connectivity index (χ1) is 12.2. The van der Waals surface area contributed by atoms with Crippen molar-refractivity contribution in [3.63, 3.8) is 0 Å². The molecule has 0 unspecified atom stereocenters. The molecule has 0 aromatic heterocycles. The second-order valence-electron chi connectivity index (χ2n) is 6.68. The third-order valence-corrected chi connectivity index (χ3v) is 5.37. The van der Waals surface area contributed by atoms with Gasteiger partial charge in [-0.3, -0.25) is 4.79 Å². The SMILES string of the molecule is O=C1c2ccccc2[C@@H]2C[C@H](c3ccccc3)c3cc(F)ccc3N12. The highest BCUT2D eigenvalue weighted by atomic mass is 19.1. The number of anilines is 1. The van der Waals surface area contributed by atoms with Crippen molar-refractivity contribution in [1.82, 2.24) is 0 Å². The van der Waals surface area contributed by atoms with Crippen LogP contribution in [0.1, 0.15) is 45.4 Å². The molecule has 2 nitrogen and oxygen atoms in total. The molecule has 3 aromatic rings. The van der Waals surface area contributed by atoms with Crippen LogP contribution in [-0.4, -0.2) is 5.91 Å². The van der Waals surface area contributed by atoms with Gasteiger partial charge in [0.2, 0.25) is 0 Å². The Bertz CT molecular complexity index is 982. The lowest BCUT2D eigenvalue weighted by atomic mass is 9.80. The van der Waals surface area contributed by atoms with Crippen LogP contribution in [0, 0.1) is 5.82 Å². The van der Waals surface area contributed by atoms with Crippen LogP contribution in [0.5, 0.6) is 0 Å². The minimum absolute atomic E-state index is 0.00636. The number of hydrogen-bond acceptors (Lipinski definition) is 1. The van der Waals surface area contributed by atoms with Crippen LogP contribution in [-0.2, 0) is 0 Å². The molecule has 2 aliphatic rings. The zero-order valence-electron chi connectivity index (χ0n) is 13.5. The number of nitrogens with zero attached hydrogens (tertiary/aromatic N) is 1. The van der Waals surface area contributed by atoms with Crippen molar-refractivity contribution in [3.8, 4) is 0 Å². The Balaban J connectivity index is 1.73. The number of carbonyl (C=O) groups excluding carboxylic acids is 1. The molecule has 0 aliphatic carbocycles. The van der Waals surface area contributed by atoms with Gasteiger partial charge in [-0.2, -0.15) is 0 Å². The van der Waals surface area contributed by atoms with Crippen LogP contribution in [0.2, 0.25) is 0 Å². The Morgan fingerprint density at radius 1 is 0.880 bits per heavy atom. The monoisotopic (exact) mass is 329 g/mol. The zero-order chi connectivity index (χ0) is 17.0. The van der Waals surface area contributed by atoms with Crippen molar-refractivity contribution >= 4 is 11.6 Å². The summed E-state index contributed by atoms with van der Waals surface area (Å²) in [6.07, 6.45) is 0.767. The summed E-state index contributed by atoms with van der Waals surface area (Å²) in [5.74, 6) is -0.172. The molecule has 2 aliphatic heterocycles. The van der Waals surface area contributed by atoms with Crippen molar-refractivity contribution in [3.05, 3.63) is 101 Å². The quantitative estimate of drug-likeness (QED) is 0.611. The first-order valence-corrected chi connectivity index (χ1v) is 8.51. The number of carbonyl (C=O) groups is 1. The van der Waals surface area contributed by atoms with E-state index in [1.165, 1.54) is 6.07 Å². The van der Waals surface area contributed by atoms with Crippen LogP contribution < -0.4 is 4.90 Å². The van der Waals surface area contributed by atoms with Gasteiger partial charge in [0.1, 0.15) is 5.82 Å². The normalized spacial score (nSPS) is 20.8. The minimum atomic E-state index is -0.262. The average Bonchev–Trinajstić information content (AvgIpc) is 2.94. The van der Waals surface area contributed by atoms with E-state index in [0.717, 1.165) is 34.4 Å². The molecule has 1 amide bonds. The molecular formula is C22H16FNO. The van der Waals surface area contributed by atoms with E-state index in [0.29, 0.717) is 0 Å². The van der Waals surface area contributed by atoms with Gasteiger partial charge in [0, 0.05) is 17.2 Å². The lowest BCUT2D eigenvalue weighted by molar-refractivity contribution is 0.0988. The molecule has 0 fully saturated rings. The molecule has 0 N–H and O–H groups in total. The molecule has 122 valence electrons. The lowest BCUT2D eigenvalue weighted by Crippen LogP contribution is -2.34. The third-order valence-electron chi connectivity index (χ3n) is 5.37. The molecule has 3 heteroatoms. The standard InChI is InChI=1S/C22H16FNO/c23-15-10-11-20-19(12-15)18(14-6-2-1-3-7-14)13-21-16-8-4-5-9-17(16)22(25)24(20)21/h1-12,18,21H,13H2/t18-,21+/m1/s1. The van der Waals surface area contributed by atoms with Crippen LogP contribution in [0.25, 0.3) is 0 Å². The molecule has 0 saturated heterocycles. The van der Waals surface area contributed by atoms with Crippen LogP contribution in [0.4, 0.5) is 10.1 Å². The molecule has 25 heavy (non-hydrogen) atoms. The zero-order valence-corrected chi connectivity index (χ0v) is 13.5. The second kappa shape index (κ2) is 5.28. The van der Waals surface area contributed by atoms with E-state index in [1.54, 1.807) is 12.1 Å². The summed E-state index contributed by atoms with van der Waals surface area (Å²) in [5, 5.41) is 0. The van der Waals surface area contributed by atoms with Gasteiger partial charge >= 0.3 is 0 Å². The van der Waals surface area contributed by atoms with Gasteiger partial charge in [-0.05, 0) is 47.4 Å². The van der Waals surface area contributed by atoms with E-state index >= 15 is 0 Å². The Hall–Kier alpha value is -2.94. The van der Waals surface area contributed by atoms with Gasteiger partial charge in [0.25, 0.3) is 5.91 Å². The highest BCUT2D eigenvalue weighted by Gasteiger charge is 2.43. The largest absolute Gasteiger partial charge is 0.301 e. The van der Waals surface area contributed by atoms with E-state index in [-0.39, 0.29) is 23.7 Å². The molecule has 3 aromatic carbocycles. The number of hydrogen-bond donors (Lipinski definition) is 0. The highest BCUT2D eigenvalue weighted by molar-refractivity contribution is 6.11. The first-order valence-electron chi connectivity index (χ1n) is 8.51. The minimum Gasteiger partial charge on any atom is -0.301 e. The third kappa shape index (κ3) is 2.05. The maximum absolute atomic E-state index is 14.0. The number of halogens is 1. The Labute approximate surface area is 145 Å². The molecule has 0 saturated carbocycles. The molecule has 2 atom stereocenters. The predicted octanol–water partition coefficient (Wildman–Crippen LogP) is 5.06. The summed E-state index contributed by atoms with van der Waals surface area (Å²) in [6, 6.07) is 22.7. The van der Waals surface area contributed by atoms with Gasteiger partial charge in [0.15, 0.2) is 0 Å². The Morgan fingerprint density at radius 3 is 2.48 bits per heavy atom. The van der Waals surface area contributed by atoms with Crippen molar-refractivity contribution in [2.24, 2.45) is 0 Å². The van der Waals surface area contributed by atoms with E-state index in [2.05, 4.69) is 12.1 Å². The topological polar surface area (TPSA) is 20.3 Å². The van der Waals surface area contributed by atoms with Crippen molar-refractivity contribution in [2.75, 3.05) is 4.90 Å². The molecular weight excluding hydrogens is 313 g/mol. The van der Waals surface area contributed by atoms with Gasteiger partial charge in [-0.1, -0.05) is 48.5 Å². The molecule has 5 rings (SSSR count). The van der Waals surface area contributed by atoms with E-state index in [1.807, 2.05) is 47.4 Å². The number of fused-ring (bicyclic) bond motifs is 5. The van der Waals surface area contributed by atoms with Crippen molar-refractivity contribution in [1.29, 1.82) is 0 Å². The number of rotatable bonds is 1. The van der Waals surface area contributed by atoms with Crippen molar-refractivity contribution in [2.45, 2.75) is 18.4 Å². The molecule has 0 spiro atoms. The van der Waals surface area contributed by atoms with Gasteiger partial charge < -0.3 is 4.90 Å². The van der Waals surface area contributed by atoms with E-state index < -0.39 is 0 Å². The average molecular weight is 329 g/mol. The van der Waals surface area contributed by atoms with E-state index in [4.69, 9.17) is 0 Å². The maximum atomic E-state index is 14.0. The number of benzene rings is 3. The van der Waals surface area contributed by atoms with Crippen LogP contribution in [0.3, 0.4) is 0 Å². The Morgan fingerprint density at radius 2 is 1.64 bits per heavy atom. The van der Waals surface area contributed by atoms with Crippen LogP contribution >= 0.6 is 0 Å². The number of amides is 1. The molecule has 0 bridgehead atoms. The molecule has 2 heterocycles. The summed E-state index contributed by atoms with van der Waals surface area (Å²) in [4.78, 5) is 14.8. The summed E-state index contributed by atoms with van der Waals surface area (Å²) in [5.41, 5.74) is 4.71. The van der Waals surface area contributed by atoms with Crippen molar-refractivity contribution < 1.29 is 9.18 Å². The second-order valence-corrected chi connectivity index (χ2v) is 6.68. The lowest BCUT2D eigenvalue weighted by Gasteiger charge is -2.37. The van der Waals surface area contributed by atoms with Gasteiger partial charge in [0.05, 0.1) is 6.04 Å².